The Labute approximate surface area is 152 Å². The summed E-state index contributed by atoms with van der Waals surface area (Å²) in [5, 5.41) is 7.30. The largest absolute Gasteiger partial charge is 0.342 e. The molecule has 2 N–H and O–H groups in total. The second-order valence-corrected chi connectivity index (χ2v) is 7.67. The van der Waals surface area contributed by atoms with Gasteiger partial charge in [0.15, 0.2) is 0 Å². The SMILES string of the molecule is Cc1cccc2[nH]c([C@H]3CCCN(C(=O)c4cc(C5CC5)[nH]n4)C3)nc12. The van der Waals surface area contributed by atoms with E-state index >= 15 is 0 Å². The molecule has 1 aromatic carbocycles. The molecule has 0 unspecified atom stereocenters. The Morgan fingerprint density at radius 1 is 1.23 bits per heavy atom. The minimum absolute atomic E-state index is 0.0325. The van der Waals surface area contributed by atoms with Gasteiger partial charge in [0, 0.05) is 30.6 Å². The fraction of sp³-hybridized carbons (Fsp3) is 0.450. The van der Waals surface area contributed by atoms with Gasteiger partial charge in [0.05, 0.1) is 11.0 Å². The van der Waals surface area contributed by atoms with E-state index in [1.165, 1.54) is 18.4 Å². The van der Waals surface area contributed by atoms with Crippen molar-refractivity contribution in [3.05, 3.63) is 47.0 Å². The third-order valence-electron chi connectivity index (χ3n) is 5.66. The summed E-state index contributed by atoms with van der Waals surface area (Å²) in [5.74, 6) is 1.86. The van der Waals surface area contributed by atoms with Crippen molar-refractivity contribution in [2.45, 2.75) is 44.4 Å². The van der Waals surface area contributed by atoms with Crippen LogP contribution < -0.4 is 0 Å². The summed E-state index contributed by atoms with van der Waals surface area (Å²) in [6.07, 6.45) is 4.45. The number of piperidine rings is 1. The number of aryl methyl sites for hydroxylation is 1. The molecule has 1 amide bonds. The van der Waals surface area contributed by atoms with E-state index in [4.69, 9.17) is 4.98 Å². The van der Waals surface area contributed by atoms with E-state index in [2.05, 4.69) is 34.2 Å². The first-order valence-electron chi connectivity index (χ1n) is 9.49. The number of benzene rings is 1. The third kappa shape index (κ3) is 2.69. The average Bonchev–Trinajstić information content (AvgIpc) is 3.22. The number of carbonyl (C=O) groups excluding carboxylic acids is 1. The van der Waals surface area contributed by atoms with Gasteiger partial charge in [0.25, 0.3) is 5.91 Å². The average molecular weight is 349 g/mol. The van der Waals surface area contributed by atoms with E-state index < -0.39 is 0 Å². The van der Waals surface area contributed by atoms with Crippen molar-refractivity contribution in [1.29, 1.82) is 0 Å². The van der Waals surface area contributed by atoms with Gasteiger partial charge in [-0.05, 0) is 50.3 Å². The maximum absolute atomic E-state index is 12.9. The fourth-order valence-corrected chi connectivity index (χ4v) is 3.98. The summed E-state index contributed by atoms with van der Waals surface area (Å²) in [6.45, 7) is 3.57. The molecule has 3 aromatic rings. The van der Waals surface area contributed by atoms with E-state index in [9.17, 15) is 4.79 Å². The van der Waals surface area contributed by atoms with Gasteiger partial charge in [-0.2, -0.15) is 5.10 Å². The Morgan fingerprint density at radius 2 is 2.12 bits per heavy atom. The summed E-state index contributed by atoms with van der Waals surface area (Å²) >= 11 is 0. The number of aromatic nitrogens is 4. The van der Waals surface area contributed by atoms with Crippen LogP contribution >= 0.6 is 0 Å². The van der Waals surface area contributed by atoms with Crippen LogP contribution in [0.3, 0.4) is 0 Å². The summed E-state index contributed by atoms with van der Waals surface area (Å²) < 4.78 is 0. The number of amides is 1. The lowest BCUT2D eigenvalue weighted by Gasteiger charge is -2.31. The Morgan fingerprint density at radius 3 is 2.92 bits per heavy atom. The predicted molar refractivity (Wildman–Crippen MR) is 99.3 cm³/mol. The number of rotatable bonds is 3. The van der Waals surface area contributed by atoms with Gasteiger partial charge < -0.3 is 9.88 Å². The molecule has 2 fully saturated rings. The van der Waals surface area contributed by atoms with E-state index in [1.54, 1.807) is 0 Å². The zero-order valence-corrected chi connectivity index (χ0v) is 15.0. The number of aromatic amines is 2. The smallest absolute Gasteiger partial charge is 0.274 e. The van der Waals surface area contributed by atoms with E-state index in [0.29, 0.717) is 18.2 Å². The molecule has 6 nitrogen and oxygen atoms in total. The van der Waals surface area contributed by atoms with Gasteiger partial charge in [-0.25, -0.2) is 4.98 Å². The van der Waals surface area contributed by atoms with Crippen LogP contribution in [0.2, 0.25) is 0 Å². The molecule has 2 aromatic heterocycles. The minimum atomic E-state index is 0.0325. The molecule has 0 radical (unpaired) electrons. The van der Waals surface area contributed by atoms with Crippen molar-refractivity contribution in [3.8, 4) is 0 Å². The van der Waals surface area contributed by atoms with Gasteiger partial charge in [-0.1, -0.05) is 12.1 Å². The van der Waals surface area contributed by atoms with Crippen LogP contribution in [-0.4, -0.2) is 44.1 Å². The molecule has 1 aliphatic carbocycles. The first-order valence-corrected chi connectivity index (χ1v) is 9.49. The van der Waals surface area contributed by atoms with Crippen molar-refractivity contribution in [2.75, 3.05) is 13.1 Å². The van der Waals surface area contributed by atoms with Crippen LogP contribution in [-0.2, 0) is 0 Å². The lowest BCUT2D eigenvalue weighted by atomic mass is 9.97. The maximum Gasteiger partial charge on any atom is 0.274 e. The van der Waals surface area contributed by atoms with Gasteiger partial charge in [-0.15, -0.1) is 0 Å². The van der Waals surface area contributed by atoms with Gasteiger partial charge in [0.1, 0.15) is 11.5 Å². The Hall–Kier alpha value is -2.63. The molecular formula is C20H23N5O. The molecule has 2 aliphatic rings. The van der Waals surface area contributed by atoms with Crippen molar-refractivity contribution >= 4 is 16.9 Å². The summed E-state index contributed by atoms with van der Waals surface area (Å²) in [4.78, 5) is 23.1. The number of likely N-dealkylation sites (tertiary alicyclic amines) is 1. The van der Waals surface area contributed by atoms with E-state index in [1.807, 2.05) is 17.0 Å². The second-order valence-electron chi connectivity index (χ2n) is 7.67. The molecule has 26 heavy (non-hydrogen) atoms. The Bertz CT molecular complexity index is 968. The lowest BCUT2D eigenvalue weighted by Crippen LogP contribution is -2.39. The second kappa shape index (κ2) is 5.97. The topological polar surface area (TPSA) is 77.7 Å². The highest BCUT2D eigenvalue weighted by atomic mass is 16.2. The fourth-order valence-electron chi connectivity index (χ4n) is 3.98. The number of nitrogens with one attached hydrogen (secondary N) is 2. The van der Waals surface area contributed by atoms with Gasteiger partial charge in [0.2, 0.25) is 0 Å². The monoisotopic (exact) mass is 349 g/mol. The molecule has 0 spiro atoms. The van der Waals surface area contributed by atoms with Crippen LogP contribution in [0.5, 0.6) is 0 Å². The van der Waals surface area contributed by atoms with Crippen molar-refractivity contribution in [1.82, 2.24) is 25.1 Å². The molecule has 5 rings (SSSR count). The number of nitrogens with zero attached hydrogens (tertiary/aromatic N) is 3. The predicted octanol–water partition coefficient (Wildman–Crippen LogP) is 3.49. The van der Waals surface area contributed by atoms with E-state index in [-0.39, 0.29) is 11.8 Å². The van der Waals surface area contributed by atoms with Gasteiger partial charge in [-0.3, -0.25) is 9.89 Å². The Balaban J connectivity index is 1.36. The molecular weight excluding hydrogens is 326 g/mol. The van der Waals surface area contributed by atoms with Crippen LogP contribution in [0, 0.1) is 6.92 Å². The Kier molecular flexibility index (Phi) is 3.58. The molecule has 1 atom stereocenters. The quantitative estimate of drug-likeness (QED) is 0.760. The summed E-state index contributed by atoms with van der Waals surface area (Å²) in [6, 6.07) is 8.13. The summed E-state index contributed by atoms with van der Waals surface area (Å²) in [7, 11) is 0. The molecule has 1 saturated heterocycles. The van der Waals surface area contributed by atoms with Crippen molar-refractivity contribution in [3.63, 3.8) is 0 Å². The normalized spacial score (nSPS) is 20.7. The number of para-hydroxylation sites is 1. The molecule has 3 heterocycles. The zero-order valence-electron chi connectivity index (χ0n) is 15.0. The number of hydrogen-bond acceptors (Lipinski definition) is 3. The third-order valence-corrected chi connectivity index (χ3v) is 5.66. The molecule has 1 aliphatic heterocycles. The number of fused-ring (bicyclic) bond motifs is 1. The molecule has 134 valence electrons. The van der Waals surface area contributed by atoms with Crippen LogP contribution in [0.15, 0.2) is 24.3 Å². The lowest BCUT2D eigenvalue weighted by molar-refractivity contribution is 0.0699. The van der Waals surface area contributed by atoms with Crippen molar-refractivity contribution in [2.24, 2.45) is 0 Å². The van der Waals surface area contributed by atoms with E-state index in [0.717, 1.165) is 41.9 Å². The van der Waals surface area contributed by atoms with Crippen molar-refractivity contribution < 1.29 is 4.79 Å². The van der Waals surface area contributed by atoms with Crippen LogP contribution in [0.4, 0.5) is 0 Å². The minimum Gasteiger partial charge on any atom is -0.342 e. The highest BCUT2D eigenvalue weighted by Gasteiger charge is 2.30. The highest BCUT2D eigenvalue weighted by Crippen LogP contribution is 2.39. The number of carbonyl (C=O) groups is 1. The van der Waals surface area contributed by atoms with Crippen LogP contribution in [0.25, 0.3) is 11.0 Å². The molecule has 6 heteroatoms. The van der Waals surface area contributed by atoms with Gasteiger partial charge >= 0.3 is 0 Å². The molecule has 1 saturated carbocycles. The van der Waals surface area contributed by atoms with Crippen LogP contribution in [0.1, 0.15) is 65.1 Å². The zero-order chi connectivity index (χ0) is 17.7. The maximum atomic E-state index is 12.9. The summed E-state index contributed by atoms with van der Waals surface area (Å²) in [5.41, 5.74) is 4.94. The number of H-pyrrole nitrogens is 2. The number of imidazole rings is 1. The first kappa shape index (κ1) is 15.6. The molecule has 0 bridgehead atoms. The standard InChI is InChI=1S/C20H23N5O/c1-12-4-2-6-15-18(12)22-19(21-15)14-5-3-9-25(11-14)20(26)17-10-16(23-24-17)13-7-8-13/h2,4,6,10,13-14H,3,5,7-9,11H2,1H3,(H,21,22)(H,23,24)/t14-/m0/s1. The highest BCUT2D eigenvalue weighted by molar-refractivity contribution is 5.92. The number of hydrogen-bond donors (Lipinski definition) is 2. The first-order chi connectivity index (χ1) is 12.7.